The Balaban J connectivity index is 1.83. The first-order valence-corrected chi connectivity index (χ1v) is 9.00. The summed E-state index contributed by atoms with van der Waals surface area (Å²) in [5.74, 6) is -0.606. The van der Waals surface area contributed by atoms with Gasteiger partial charge in [0.05, 0.1) is 16.9 Å². The quantitative estimate of drug-likeness (QED) is 0.514. The summed E-state index contributed by atoms with van der Waals surface area (Å²) < 4.78 is 5.18. The van der Waals surface area contributed by atoms with Crippen LogP contribution in [0.25, 0.3) is 33.5 Å². The highest BCUT2D eigenvalue weighted by Crippen LogP contribution is 2.34. The van der Waals surface area contributed by atoms with E-state index in [4.69, 9.17) is 9.40 Å². The maximum Gasteiger partial charge on any atom is 0.419 e. The van der Waals surface area contributed by atoms with Gasteiger partial charge in [0.15, 0.2) is 5.65 Å². The number of aromatic nitrogens is 4. The van der Waals surface area contributed by atoms with Gasteiger partial charge in [-0.1, -0.05) is 55.5 Å². The molecule has 0 aliphatic rings. The lowest BCUT2D eigenvalue weighted by Crippen LogP contribution is -2.05. The number of nitrogens with one attached hydrogen (secondary N) is 1. The van der Waals surface area contributed by atoms with Crippen LogP contribution >= 0.6 is 0 Å². The largest absolute Gasteiger partial charge is 0.419 e. The highest BCUT2D eigenvalue weighted by Gasteiger charge is 2.21. The Hall–Kier alpha value is -3.80. The number of oxazole rings is 1. The molecular weight excluding hydrogens is 352 g/mol. The molecule has 0 saturated heterocycles. The van der Waals surface area contributed by atoms with Crippen molar-refractivity contribution in [2.45, 2.75) is 12.8 Å². The van der Waals surface area contributed by atoms with Gasteiger partial charge in [-0.25, -0.2) is 14.8 Å². The van der Waals surface area contributed by atoms with Gasteiger partial charge in [0, 0.05) is 23.1 Å². The van der Waals surface area contributed by atoms with Crippen molar-refractivity contribution in [3.63, 3.8) is 0 Å². The minimum atomic E-state index is -0.565. The summed E-state index contributed by atoms with van der Waals surface area (Å²) in [6, 6.07) is 19.9. The third-order valence-electron chi connectivity index (χ3n) is 4.91. The molecule has 1 N–H and O–H groups in total. The third kappa shape index (κ3) is 2.66. The van der Waals surface area contributed by atoms with E-state index < -0.39 is 5.76 Å². The number of hydrogen-bond donors (Lipinski definition) is 1. The molecule has 5 aromatic rings. The summed E-state index contributed by atoms with van der Waals surface area (Å²) >= 11 is 0. The van der Waals surface area contributed by atoms with Crippen molar-refractivity contribution in [3.8, 4) is 11.3 Å². The number of nitrogens with zero attached hydrogens (tertiary/aromatic N) is 3. The molecule has 0 radical (unpaired) electrons. The van der Waals surface area contributed by atoms with Gasteiger partial charge >= 0.3 is 5.76 Å². The van der Waals surface area contributed by atoms with Crippen LogP contribution in [-0.2, 0) is 0 Å². The molecule has 1 atom stereocenters. The van der Waals surface area contributed by atoms with Crippen LogP contribution < -0.4 is 5.76 Å². The van der Waals surface area contributed by atoms with Crippen LogP contribution in [0.4, 0.5) is 0 Å². The van der Waals surface area contributed by atoms with Crippen molar-refractivity contribution >= 4 is 22.3 Å². The first kappa shape index (κ1) is 16.4. The number of pyridine rings is 1. The second-order valence-electron chi connectivity index (χ2n) is 6.63. The number of aromatic amines is 1. The fraction of sp³-hybridized carbons (Fsp3) is 0.0909. The van der Waals surface area contributed by atoms with Crippen LogP contribution in [0.1, 0.15) is 24.1 Å². The van der Waals surface area contributed by atoms with Crippen molar-refractivity contribution in [2.24, 2.45) is 0 Å². The van der Waals surface area contributed by atoms with E-state index in [-0.39, 0.29) is 11.6 Å². The Kier molecular flexibility index (Phi) is 3.76. The average Bonchev–Trinajstić information content (AvgIpc) is 3.11. The van der Waals surface area contributed by atoms with Gasteiger partial charge in [0.1, 0.15) is 0 Å². The molecular formula is C22H16N4O2. The first-order valence-electron chi connectivity index (χ1n) is 9.00. The van der Waals surface area contributed by atoms with Crippen LogP contribution in [0.5, 0.6) is 0 Å². The van der Waals surface area contributed by atoms with Crippen molar-refractivity contribution < 1.29 is 4.42 Å². The summed E-state index contributed by atoms with van der Waals surface area (Å²) in [5.41, 5.74) is 4.90. The van der Waals surface area contributed by atoms with Gasteiger partial charge in [-0.15, -0.1) is 0 Å². The number of rotatable bonds is 3. The fourth-order valence-electron chi connectivity index (χ4n) is 3.50. The number of hydrogen-bond acceptors (Lipinski definition) is 5. The van der Waals surface area contributed by atoms with Crippen molar-refractivity contribution in [3.05, 3.63) is 88.7 Å². The number of H-pyrrole nitrogens is 1. The molecule has 3 aromatic heterocycles. The second-order valence-corrected chi connectivity index (χ2v) is 6.63. The SMILES string of the molecule is CC(c1ccccc1)c1nc2oc(=O)[nH]c2nc1-c1cccc2ncccc12. The summed E-state index contributed by atoms with van der Waals surface area (Å²) in [6.45, 7) is 2.07. The predicted octanol–water partition coefficient (Wildman–Crippen LogP) is 4.28. The van der Waals surface area contributed by atoms with Crippen LogP contribution in [0, 0.1) is 0 Å². The van der Waals surface area contributed by atoms with Gasteiger partial charge < -0.3 is 4.42 Å². The topological polar surface area (TPSA) is 84.7 Å². The Morgan fingerprint density at radius 1 is 0.964 bits per heavy atom. The zero-order valence-electron chi connectivity index (χ0n) is 15.1. The molecule has 2 aromatic carbocycles. The lowest BCUT2D eigenvalue weighted by molar-refractivity contribution is 0.543. The highest BCUT2D eigenvalue weighted by atomic mass is 16.4. The van der Waals surface area contributed by atoms with E-state index in [1.165, 1.54) is 0 Å². The lowest BCUT2D eigenvalue weighted by Gasteiger charge is -2.16. The van der Waals surface area contributed by atoms with Gasteiger partial charge in [-0.05, 0) is 17.7 Å². The Bertz CT molecular complexity index is 1350. The molecule has 28 heavy (non-hydrogen) atoms. The molecule has 0 spiro atoms. The molecule has 136 valence electrons. The van der Waals surface area contributed by atoms with Gasteiger partial charge in [0.25, 0.3) is 5.71 Å². The molecule has 0 saturated carbocycles. The minimum Gasteiger partial charge on any atom is -0.387 e. The molecule has 6 nitrogen and oxygen atoms in total. The normalized spacial score (nSPS) is 12.5. The van der Waals surface area contributed by atoms with E-state index in [1.807, 2.05) is 48.5 Å². The Labute approximate surface area is 159 Å². The van der Waals surface area contributed by atoms with Crippen molar-refractivity contribution in [2.75, 3.05) is 0 Å². The molecule has 0 bridgehead atoms. The van der Waals surface area contributed by atoms with Crippen molar-refractivity contribution in [1.29, 1.82) is 0 Å². The zero-order valence-corrected chi connectivity index (χ0v) is 15.1. The minimum absolute atomic E-state index is 0.0415. The van der Waals surface area contributed by atoms with Crippen LogP contribution in [0.3, 0.4) is 0 Å². The maximum atomic E-state index is 11.7. The number of fused-ring (bicyclic) bond motifs is 2. The van der Waals surface area contributed by atoms with E-state index in [1.54, 1.807) is 6.20 Å². The van der Waals surface area contributed by atoms with Gasteiger partial charge in [-0.3, -0.25) is 9.97 Å². The van der Waals surface area contributed by atoms with E-state index in [9.17, 15) is 4.79 Å². The molecule has 0 aliphatic heterocycles. The molecule has 1 unspecified atom stereocenters. The molecule has 5 rings (SSSR count). The van der Waals surface area contributed by atoms with Crippen LogP contribution in [-0.4, -0.2) is 19.9 Å². The van der Waals surface area contributed by atoms with Crippen LogP contribution in [0.15, 0.2) is 76.1 Å². The molecule has 0 aliphatic carbocycles. The second kappa shape index (κ2) is 6.42. The third-order valence-corrected chi connectivity index (χ3v) is 4.91. The zero-order chi connectivity index (χ0) is 19.1. The lowest BCUT2D eigenvalue weighted by atomic mass is 9.93. The summed E-state index contributed by atoms with van der Waals surface area (Å²) in [5, 5.41) is 0.978. The van der Waals surface area contributed by atoms with E-state index in [0.717, 1.165) is 27.7 Å². The fourth-order valence-corrected chi connectivity index (χ4v) is 3.50. The monoisotopic (exact) mass is 368 g/mol. The molecule has 0 fully saturated rings. The number of benzene rings is 2. The van der Waals surface area contributed by atoms with Crippen LogP contribution in [0.2, 0.25) is 0 Å². The summed E-state index contributed by atoms with van der Waals surface area (Å²) in [7, 11) is 0. The standard InChI is InChI=1S/C22H16N4O2/c1-13(14-7-3-2-4-8-14)18-19(24-20-21(25-18)28-22(27)26-20)16-9-5-11-17-15(16)10-6-12-23-17/h2-13H,1H3,(H,24,26,27). The Morgan fingerprint density at radius 3 is 2.68 bits per heavy atom. The summed E-state index contributed by atoms with van der Waals surface area (Å²) in [6.07, 6.45) is 1.77. The van der Waals surface area contributed by atoms with E-state index in [0.29, 0.717) is 11.3 Å². The molecule has 6 heteroatoms. The predicted molar refractivity (Wildman–Crippen MR) is 107 cm³/mol. The smallest absolute Gasteiger partial charge is 0.387 e. The molecule has 0 amide bonds. The Morgan fingerprint density at radius 2 is 1.82 bits per heavy atom. The molecule has 3 heterocycles. The first-order chi connectivity index (χ1) is 13.7. The van der Waals surface area contributed by atoms with Gasteiger partial charge in [0.2, 0.25) is 0 Å². The highest BCUT2D eigenvalue weighted by molar-refractivity contribution is 5.94. The average molecular weight is 368 g/mol. The maximum absolute atomic E-state index is 11.7. The summed E-state index contributed by atoms with van der Waals surface area (Å²) in [4.78, 5) is 28.1. The van der Waals surface area contributed by atoms with E-state index >= 15 is 0 Å². The van der Waals surface area contributed by atoms with Crippen molar-refractivity contribution in [1.82, 2.24) is 19.9 Å². The van der Waals surface area contributed by atoms with E-state index in [2.05, 4.69) is 34.0 Å². The van der Waals surface area contributed by atoms with Gasteiger partial charge in [-0.2, -0.15) is 0 Å².